The third kappa shape index (κ3) is 2.12. The van der Waals surface area contributed by atoms with Crippen LogP contribution in [0, 0.1) is 0 Å². The van der Waals surface area contributed by atoms with Crippen LogP contribution >= 0.6 is 23.4 Å². The molecule has 1 unspecified atom stereocenters. The van der Waals surface area contributed by atoms with Crippen LogP contribution in [0.4, 0.5) is 13.2 Å². The van der Waals surface area contributed by atoms with E-state index in [9.17, 15) is 18.0 Å². The molecule has 0 radical (unpaired) electrons. The summed E-state index contributed by atoms with van der Waals surface area (Å²) >= 11 is 6.35. The summed E-state index contributed by atoms with van der Waals surface area (Å²) in [5.41, 5.74) is -0.0841. The summed E-state index contributed by atoms with van der Waals surface area (Å²) in [6, 6.07) is 4.55. The number of rotatable bonds is 0. The van der Waals surface area contributed by atoms with Crippen LogP contribution in [0.3, 0.4) is 0 Å². The molecule has 0 N–H and O–H groups in total. The molecule has 1 aromatic heterocycles. The third-order valence-electron chi connectivity index (χ3n) is 2.94. The molecule has 0 amide bonds. The lowest BCUT2D eigenvalue weighted by Gasteiger charge is -2.11. The Kier molecular flexibility index (Phi) is 2.83. The molecular weight excluding hydrogens is 301 g/mol. The van der Waals surface area contributed by atoms with E-state index in [1.165, 1.54) is 18.2 Å². The van der Waals surface area contributed by atoms with E-state index in [1.54, 1.807) is 0 Å². The second kappa shape index (κ2) is 4.18. The average molecular weight is 307 g/mol. The second-order valence-corrected chi connectivity index (χ2v) is 5.84. The maximum Gasteiger partial charge on any atom is 0.401 e. The lowest BCUT2D eigenvalue weighted by Crippen LogP contribution is -2.24. The van der Waals surface area contributed by atoms with Crippen molar-refractivity contribution < 1.29 is 17.6 Å². The fourth-order valence-corrected chi connectivity index (χ4v) is 3.41. The highest BCUT2D eigenvalue weighted by Gasteiger charge is 2.45. The smallest absolute Gasteiger partial charge is 0.401 e. The fraction of sp³-hybridized carbons (Fsp3) is 0.250. The highest BCUT2D eigenvalue weighted by molar-refractivity contribution is 8.00. The zero-order valence-electron chi connectivity index (χ0n) is 9.25. The van der Waals surface area contributed by atoms with Crippen LogP contribution in [-0.2, 0) is 6.42 Å². The standard InChI is InChI=1S/C12H6ClF3O2S/c13-5-1-2-8-6(3-5)7-4-9(12(14,15)16)19-10(7)11(17)18-8/h1-3,9H,4H2. The summed E-state index contributed by atoms with van der Waals surface area (Å²) in [6.07, 6.45) is -4.58. The average Bonchev–Trinajstić information content (AvgIpc) is 2.76. The zero-order valence-corrected chi connectivity index (χ0v) is 10.8. The number of alkyl halides is 3. The van der Waals surface area contributed by atoms with E-state index < -0.39 is 17.1 Å². The molecule has 0 aliphatic carbocycles. The van der Waals surface area contributed by atoms with E-state index in [4.69, 9.17) is 16.0 Å². The molecule has 19 heavy (non-hydrogen) atoms. The van der Waals surface area contributed by atoms with E-state index in [0.29, 0.717) is 27.7 Å². The van der Waals surface area contributed by atoms with Crippen LogP contribution in [0.15, 0.2) is 32.3 Å². The molecule has 100 valence electrons. The van der Waals surface area contributed by atoms with Gasteiger partial charge in [0.1, 0.15) is 10.8 Å². The van der Waals surface area contributed by atoms with Gasteiger partial charge in [-0.3, -0.25) is 0 Å². The van der Waals surface area contributed by atoms with E-state index in [-0.39, 0.29) is 16.9 Å². The van der Waals surface area contributed by atoms with Gasteiger partial charge in [-0.15, -0.1) is 11.8 Å². The van der Waals surface area contributed by atoms with Crippen molar-refractivity contribution in [1.82, 2.24) is 0 Å². The molecule has 3 rings (SSSR count). The minimum absolute atomic E-state index is 0.0390. The van der Waals surface area contributed by atoms with Gasteiger partial charge in [0.15, 0.2) is 0 Å². The first-order valence-electron chi connectivity index (χ1n) is 5.35. The molecule has 0 saturated carbocycles. The lowest BCUT2D eigenvalue weighted by atomic mass is 10.1. The lowest BCUT2D eigenvalue weighted by molar-refractivity contribution is -0.127. The zero-order chi connectivity index (χ0) is 13.8. The van der Waals surface area contributed by atoms with Crippen LogP contribution in [0.5, 0.6) is 0 Å². The van der Waals surface area contributed by atoms with Crippen molar-refractivity contribution >= 4 is 34.3 Å². The number of hydrogen-bond acceptors (Lipinski definition) is 3. The maximum absolute atomic E-state index is 12.8. The predicted octanol–water partition coefficient (Wildman–Crippen LogP) is 4.03. The van der Waals surface area contributed by atoms with E-state index in [2.05, 4.69) is 0 Å². The van der Waals surface area contributed by atoms with Crippen molar-refractivity contribution in [2.45, 2.75) is 22.7 Å². The molecule has 2 heterocycles. The number of hydrogen-bond donors (Lipinski definition) is 0. The fourth-order valence-electron chi connectivity index (χ4n) is 2.09. The molecule has 2 nitrogen and oxygen atoms in total. The Balaban J connectivity index is 2.23. The molecule has 1 atom stereocenters. The quantitative estimate of drug-likeness (QED) is 0.689. The second-order valence-electron chi connectivity index (χ2n) is 4.19. The Labute approximate surface area is 114 Å². The van der Waals surface area contributed by atoms with Gasteiger partial charge in [-0.25, -0.2) is 4.79 Å². The predicted molar refractivity (Wildman–Crippen MR) is 66.9 cm³/mol. The topological polar surface area (TPSA) is 30.2 Å². The van der Waals surface area contributed by atoms with E-state index in [1.807, 2.05) is 0 Å². The molecule has 0 fully saturated rings. The molecule has 7 heteroatoms. The van der Waals surface area contributed by atoms with Gasteiger partial charge in [-0.05, 0) is 30.2 Å². The number of thioether (sulfide) groups is 1. The Morgan fingerprint density at radius 1 is 1.37 bits per heavy atom. The summed E-state index contributed by atoms with van der Waals surface area (Å²) in [4.78, 5) is 11.7. The first kappa shape index (κ1) is 12.9. The third-order valence-corrected chi connectivity index (χ3v) is 4.55. The first-order valence-corrected chi connectivity index (χ1v) is 6.60. The van der Waals surface area contributed by atoms with Gasteiger partial charge in [0.2, 0.25) is 0 Å². The Bertz CT molecular complexity index is 723. The van der Waals surface area contributed by atoms with Crippen LogP contribution in [0.1, 0.15) is 5.56 Å². The summed E-state index contributed by atoms with van der Waals surface area (Å²) in [7, 11) is 0. The van der Waals surface area contributed by atoms with Crippen molar-refractivity contribution in [2.24, 2.45) is 0 Å². The first-order chi connectivity index (χ1) is 8.86. The van der Waals surface area contributed by atoms with Crippen LogP contribution in [-0.4, -0.2) is 11.4 Å². The highest BCUT2D eigenvalue weighted by Crippen LogP contribution is 2.45. The van der Waals surface area contributed by atoms with Crippen molar-refractivity contribution in [2.75, 3.05) is 0 Å². The van der Waals surface area contributed by atoms with Gasteiger partial charge in [-0.2, -0.15) is 13.2 Å². The molecule has 0 spiro atoms. The van der Waals surface area contributed by atoms with Crippen molar-refractivity contribution in [1.29, 1.82) is 0 Å². The van der Waals surface area contributed by atoms with Crippen molar-refractivity contribution in [3.8, 4) is 0 Å². The number of benzene rings is 1. The summed E-state index contributed by atoms with van der Waals surface area (Å²) in [5, 5.41) is -0.736. The molecule has 1 aliphatic rings. The number of halogens is 4. The molecule has 1 aliphatic heterocycles. The van der Waals surface area contributed by atoms with Gasteiger partial charge >= 0.3 is 11.8 Å². The van der Waals surface area contributed by atoms with Gasteiger partial charge in [0, 0.05) is 10.4 Å². The highest BCUT2D eigenvalue weighted by atomic mass is 35.5. The Morgan fingerprint density at radius 2 is 2.11 bits per heavy atom. The maximum atomic E-state index is 12.8. The van der Waals surface area contributed by atoms with E-state index >= 15 is 0 Å². The van der Waals surface area contributed by atoms with Gasteiger partial charge in [0.25, 0.3) is 0 Å². The Morgan fingerprint density at radius 3 is 2.79 bits per heavy atom. The summed E-state index contributed by atoms with van der Waals surface area (Å²) < 4.78 is 43.3. The molecule has 1 aromatic carbocycles. The summed E-state index contributed by atoms with van der Waals surface area (Å²) in [5.74, 6) is 0. The molecular formula is C12H6ClF3O2S. The monoisotopic (exact) mass is 306 g/mol. The van der Waals surface area contributed by atoms with Crippen LogP contribution < -0.4 is 5.63 Å². The van der Waals surface area contributed by atoms with Crippen LogP contribution in [0.25, 0.3) is 11.0 Å². The van der Waals surface area contributed by atoms with Gasteiger partial charge < -0.3 is 4.42 Å². The molecule has 0 bridgehead atoms. The normalized spacial score (nSPS) is 18.8. The minimum Gasteiger partial charge on any atom is -0.422 e. The SMILES string of the molecule is O=c1oc2ccc(Cl)cc2c2c1SC(C(F)(F)F)C2. The van der Waals surface area contributed by atoms with Crippen molar-refractivity contribution in [3.63, 3.8) is 0 Å². The van der Waals surface area contributed by atoms with Crippen LogP contribution in [0.2, 0.25) is 5.02 Å². The Hall–Kier alpha value is -1.14. The van der Waals surface area contributed by atoms with E-state index in [0.717, 1.165) is 0 Å². The molecule has 2 aromatic rings. The van der Waals surface area contributed by atoms with Crippen molar-refractivity contribution in [3.05, 3.63) is 39.2 Å². The van der Waals surface area contributed by atoms with Gasteiger partial charge in [0.05, 0.1) is 4.90 Å². The van der Waals surface area contributed by atoms with Gasteiger partial charge in [-0.1, -0.05) is 11.6 Å². The largest absolute Gasteiger partial charge is 0.422 e. The summed E-state index contributed by atoms with van der Waals surface area (Å²) in [6.45, 7) is 0. The number of fused-ring (bicyclic) bond motifs is 3. The minimum atomic E-state index is -4.35. The molecule has 0 saturated heterocycles.